The highest BCUT2D eigenvalue weighted by atomic mass is 16.4. The molecule has 2 rings (SSSR count). The standard InChI is InChI=1S/C11H18N2O3/c14-10(3-4-11(15)16)12-8-5-7-13-6-1-2-9(8)13/h8-9H,1-7H2,(H,12,14)(H,15,16). The molecule has 0 radical (unpaired) electrons. The molecule has 0 spiro atoms. The van der Waals surface area contributed by atoms with E-state index in [9.17, 15) is 9.59 Å². The molecule has 0 aromatic heterocycles. The lowest BCUT2D eigenvalue weighted by Gasteiger charge is -2.21. The van der Waals surface area contributed by atoms with Gasteiger partial charge < -0.3 is 10.4 Å². The molecule has 1 amide bonds. The first-order valence-corrected chi connectivity index (χ1v) is 5.92. The van der Waals surface area contributed by atoms with Crippen molar-refractivity contribution in [2.75, 3.05) is 13.1 Å². The van der Waals surface area contributed by atoms with E-state index in [4.69, 9.17) is 5.11 Å². The van der Waals surface area contributed by atoms with Crippen LogP contribution in [0.1, 0.15) is 32.1 Å². The smallest absolute Gasteiger partial charge is 0.303 e. The number of carboxylic acids is 1. The van der Waals surface area contributed by atoms with Gasteiger partial charge in [0.05, 0.1) is 6.42 Å². The monoisotopic (exact) mass is 226 g/mol. The van der Waals surface area contributed by atoms with Crippen LogP contribution in [0.3, 0.4) is 0 Å². The summed E-state index contributed by atoms with van der Waals surface area (Å²) >= 11 is 0. The lowest BCUT2D eigenvalue weighted by Crippen LogP contribution is -2.42. The summed E-state index contributed by atoms with van der Waals surface area (Å²) in [5, 5.41) is 11.4. The van der Waals surface area contributed by atoms with Crippen LogP contribution in [-0.4, -0.2) is 47.1 Å². The van der Waals surface area contributed by atoms with E-state index < -0.39 is 5.97 Å². The van der Waals surface area contributed by atoms with E-state index in [-0.39, 0.29) is 24.8 Å². The van der Waals surface area contributed by atoms with Crippen LogP contribution in [0.25, 0.3) is 0 Å². The molecular formula is C11H18N2O3. The van der Waals surface area contributed by atoms with Crippen LogP contribution in [-0.2, 0) is 9.59 Å². The predicted molar refractivity (Wildman–Crippen MR) is 58.0 cm³/mol. The molecule has 2 aliphatic rings. The first-order valence-electron chi connectivity index (χ1n) is 5.92. The van der Waals surface area contributed by atoms with Gasteiger partial charge in [-0.15, -0.1) is 0 Å². The van der Waals surface area contributed by atoms with Gasteiger partial charge in [0.2, 0.25) is 5.91 Å². The molecule has 2 N–H and O–H groups in total. The molecule has 0 aliphatic carbocycles. The lowest BCUT2D eigenvalue weighted by atomic mass is 10.1. The van der Waals surface area contributed by atoms with Gasteiger partial charge in [0.1, 0.15) is 0 Å². The first-order chi connectivity index (χ1) is 7.66. The number of nitrogens with one attached hydrogen (secondary N) is 1. The predicted octanol–water partition coefficient (Wildman–Crippen LogP) is 0.204. The van der Waals surface area contributed by atoms with Crippen LogP contribution in [0.5, 0.6) is 0 Å². The van der Waals surface area contributed by atoms with E-state index in [1.54, 1.807) is 0 Å². The average Bonchev–Trinajstić information content (AvgIpc) is 2.80. The molecule has 0 aromatic rings. The maximum absolute atomic E-state index is 11.5. The maximum atomic E-state index is 11.5. The largest absolute Gasteiger partial charge is 0.481 e. The minimum Gasteiger partial charge on any atom is -0.481 e. The van der Waals surface area contributed by atoms with Crippen LogP contribution < -0.4 is 5.32 Å². The molecule has 5 heteroatoms. The summed E-state index contributed by atoms with van der Waals surface area (Å²) in [5.41, 5.74) is 0. The normalized spacial score (nSPS) is 29.0. The average molecular weight is 226 g/mol. The van der Waals surface area contributed by atoms with Gasteiger partial charge in [-0.1, -0.05) is 0 Å². The van der Waals surface area contributed by atoms with Gasteiger partial charge >= 0.3 is 5.97 Å². The minimum atomic E-state index is -0.913. The quantitative estimate of drug-likeness (QED) is 0.718. The molecule has 2 heterocycles. The fraction of sp³-hybridized carbons (Fsp3) is 0.818. The van der Waals surface area contributed by atoms with Gasteiger partial charge in [-0.25, -0.2) is 0 Å². The summed E-state index contributed by atoms with van der Waals surface area (Å²) < 4.78 is 0. The van der Waals surface area contributed by atoms with Crippen molar-refractivity contribution in [1.82, 2.24) is 10.2 Å². The number of rotatable bonds is 4. The van der Waals surface area contributed by atoms with E-state index in [2.05, 4.69) is 10.2 Å². The molecule has 0 aromatic carbocycles. The number of fused-ring (bicyclic) bond motifs is 1. The highest BCUT2D eigenvalue weighted by Gasteiger charge is 2.37. The summed E-state index contributed by atoms with van der Waals surface area (Å²) in [7, 11) is 0. The fourth-order valence-electron chi connectivity index (χ4n) is 2.75. The SMILES string of the molecule is O=C(O)CCC(=O)NC1CCN2CCCC12. The van der Waals surface area contributed by atoms with Crippen molar-refractivity contribution >= 4 is 11.9 Å². The van der Waals surface area contributed by atoms with Crippen LogP contribution >= 0.6 is 0 Å². The van der Waals surface area contributed by atoms with Crippen LogP contribution in [0.2, 0.25) is 0 Å². The van der Waals surface area contributed by atoms with Crippen LogP contribution in [0.4, 0.5) is 0 Å². The summed E-state index contributed by atoms with van der Waals surface area (Å²) in [6.07, 6.45) is 3.39. The Kier molecular flexibility index (Phi) is 3.43. The lowest BCUT2D eigenvalue weighted by molar-refractivity contribution is -0.138. The number of hydrogen-bond donors (Lipinski definition) is 2. The highest BCUT2D eigenvalue weighted by Crippen LogP contribution is 2.27. The Labute approximate surface area is 94.8 Å². The van der Waals surface area contributed by atoms with Gasteiger partial charge in [0.15, 0.2) is 0 Å². The van der Waals surface area contributed by atoms with Gasteiger partial charge in [-0.2, -0.15) is 0 Å². The third-order valence-electron chi connectivity index (χ3n) is 3.52. The van der Waals surface area contributed by atoms with Crippen molar-refractivity contribution < 1.29 is 14.7 Å². The van der Waals surface area contributed by atoms with E-state index in [0.717, 1.165) is 25.9 Å². The zero-order valence-electron chi connectivity index (χ0n) is 9.32. The van der Waals surface area contributed by atoms with Crippen molar-refractivity contribution in [2.24, 2.45) is 0 Å². The Bertz CT molecular complexity index is 293. The van der Waals surface area contributed by atoms with E-state index in [1.807, 2.05) is 0 Å². The van der Waals surface area contributed by atoms with E-state index in [0.29, 0.717) is 6.04 Å². The Hall–Kier alpha value is -1.10. The number of amides is 1. The van der Waals surface area contributed by atoms with Crippen LogP contribution in [0, 0.1) is 0 Å². The van der Waals surface area contributed by atoms with Gasteiger partial charge in [0, 0.05) is 25.0 Å². The zero-order chi connectivity index (χ0) is 11.5. The molecule has 2 unspecified atom stereocenters. The van der Waals surface area contributed by atoms with Crippen molar-refractivity contribution in [3.63, 3.8) is 0 Å². The van der Waals surface area contributed by atoms with Crippen molar-refractivity contribution in [1.29, 1.82) is 0 Å². The summed E-state index contributed by atoms with van der Waals surface area (Å²) in [5.74, 6) is -1.04. The third-order valence-corrected chi connectivity index (χ3v) is 3.52. The number of carboxylic acid groups (broad SMARTS) is 1. The number of carbonyl (C=O) groups is 2. The summed E-state index contributed by atoms with van der Waals surface area (Å²) in [4.78, 5) is 24.3. The van der Waals surface area contributed by atoms with Gasteiger partial charge in [-0.05, 0) is 25.8 Å². The number of nitrogens with zero attached hydrogens (tertiary/aromatic N) is 1. The topological polar surface area (TPSA) is 69.6 Å². The summed E-state index contributed by atoms with van der Waals surface area (Å²) in [6.45, 7) is 2.21. The molecule has 16 heavy (non-hydrogen) atoms. The van der Waals surface area contributed by atoms with Gasteiger partial charge in [0.25, 0.3) is 0 Å². The number of aliphatic carboxylic acids is 1. The van der Waals surface area contributed by atoms with Crippen molar-refractivity contribution in [3.8, 4) is 0 Å². The highest BCUT2D eigenvalue weighted by molar-refractivity contribution is 5.80. The molecule has 5 nitrogen and oxygen atoms in total. The Balaban J connectivity index is 1.77. The minimum absolute atomic E-state index is 0.0765. The molecule has 0 saturated carbocycles. The third kappa shape index (κ3) is 2.52. The van der Waals surface area contributed by atoms with Gasteiger partial charge in [-0.3, -0.25) is 14.5 Å². The fourth-order valence-corrected chi connectivity index (χ4v) is 2.75. The second-order valence-corrected chi connectivity index (χ2v) is 4.60. The molecule has 2 atom stereocenters. The molecule has 0 bridgehead atoms. The number of carbonyl (C=O) groups excluding carboxylic acids is 1. The van der Waals surface area contributed by atoms with E-state index in [1.165, 1.54) is 6.42 Å². The first kappa shape index (κ1) is 11.4. The molecule has 2 fully saturated rings. The second kappa shape index (κ2) is 4.82. The zero-order valence-corrected chi connectivity index (χ0v) is 9.32. The number of hydrogen-bond acceptors (Lipinski definition) is 3. The molecular weight excluding hydrogens is 208 g/mol. The Morgan fingerprint density at radius 3 is 2.81 bits per heavy atom. The van der Waals surface area contributed by atoms with Crippen molar-refractivity contribution in [3.05, 3.63) is 0 Å². The Morgan fingerprint density at radius 2 is 2.06 bits per heavy atom. The maximum Gasteiger partial charge on any atom is 0.303 e. The molecule has 2 aliphatic heterocycles. The molecule has 2 saturated heterocycles. The molecule has 90 valence electrons. The second-order valence-electron chi connectivity index (χ2n) is 4.60. The van der Waals surface area contributed by atoms with E-state index >= 15 is 0 Å². The Morgan fingerprint density at radius 1 is 1.25 bits per heavy atom. The van der Waals surface area contributed by atoms with Crippen molar-refractivity contribution in [2.45, 2.75) is 44.2 Å². The summed E-state index contributed by atoms with van der Waals surface area (Å²) in [6, 6.07) is 0.734. The van der Waals surface area contributed by atoms with Crippen LogP contribution in [0.15, 0.2) is 0 Å².